The van der Waals surface area contributed by atoms with Crippen molar-refractivity contribution >= 4 is 16.9 Å². The second-order valence-electron chi connectivity index (χ2n) is 6.69. The molecule has 134 valence electrons. The van der Waals surface area contributed by atoms with Crippen LogP contribution in [0.2, 0.25) is 0 Å². The second-order valence-corrected chi connectivity index (χ2v) is 6.69. The monoisotopic (exact) mass is 359 g/mol. The minimum atomic E-state index is -4.34. The molecule has 0 saturated heterocycles. The van der Waals surface area contributed by atoms with E-state index in [9.17, 15) is 23.1 Å². The van der Waals surface area contributed by atoms with Gasteiger partial charge in [0.15, 0.2) is 0 Å². The molecule has 0 bridgehead atoms. The van der Waals surface area contributed by atoms with Gasteiger partial charge < -0.3 is 9.67 Å². The molecule has 0 spiro atoms. The van der Waals surface area contributed by atoms with Crippen LogP contribution < -0.4 is 0 Å². The number of benzene rings is 2. The number of hydrogen-bond acceptors (Lipinski definition) is 1. The molecule has 4 rings (SSSR count). The Balaban J connectivity index is 1.71. The first-order chi connectivity index (χ1) is 12.3. The first-order valence-electron chi connectivity index (χ1n) is 8.36. The highest BCUT2D eigenvalue weighted by molar-refractivity contribution is 5.94. The van der Waals surface area contributed by atoms with Gasteiger partial charge in [-0.1, -0.05) is 12.1 Å². The van der Waals surface area contributed by atoms with Gasteiger partial charge >= 0.3 is 12.1 Å². The van der Waals surface area contributed by atoms with E-state index in [1.54, 1.807) is 12.1 Å². The van der Waals surface area contributed by atoms with E-state index in [1.807, 2.05) is 12.1 Å². The first-order valence-corrected chi connectivity index (χ1v) is 8.36. The van der Waals surface area contributed by atoms with Crippen molar-refractivity contribution in [1.82, 2.24) is 4.57 Å². The summed E-state index contributed by atoms with van der Waals surface area (Å²) >= 11 is 0. The highest BCUT2D eigenvalue weighted by Gasteiger charge is 2.30. The molecular formula is C20H16F3NO2. The second kappa shape index (κ2) is 5.90. The van der Waals surface area contributed by atoms with E-state index in [2.05, 4.69) is 4.57 Å². The van der Waals surface area contributed by atoms with E-state index in [0.29, 0.717) is 12.5 Å². The lowest BCUT2D eigenvalue weighted by Gasteiger charge is -2.11. The van der Waals surface area contributed by atoms with Gasteiger partial charge in [-0.3, -0.25) is 0 Å². The molecule has 1 aliphatic carbocycles. The summed E-state index contributed by atoms with van der Waals surface area (Å²) in [7, 11) is 0. The molecule has 1 aliphatic rings. The summed E-state index contributed by atoms with van der Waals surface area (Å²) in [4.78, 5) is 11.2. The quantitative estimate of drug-likeness (QED) is 0.688. The van der Waals surface area contributed by atoms with E-state index >= 15 is 0 Å². The number of hydrogen-bond donors (Lipinski definition) is 1. The maximum atomic E-state index is 12.7. The van der Waals surface area contributed by atoms with Crippen molar-refractivity contribution in [2.24, 2.45) is 0 Å². The van der Waals surface area contributed by atoms with Gasteiger partial charge in [-0.2, -0.15) is 13.2 Å². The lowest BCUT2D eigenvalue weighted by molar-refractivity contribution is -0.137. The fraction of sp³-hybridized carbons (Fsp3) is 0.250. The maximum Gasteiger partial charge on any atom is 0.416 e. The Morgan fingerprint density at radius 1 is 1.08 bits per heavy atom. The van der Waals surface area contributed by atoms with Crippen molar-refractivity contribution in [3.05, 3.63) is 70.9 Å². The zero-order valence-electron chi connectivity index (χ0n) is 13.8. The smallest absolute Gasteiger partial charge is 0.416 e. The zero-order valence-corrected chi connectivity index (χ0v) is 13.8. The third kappa shape index (κ3) is 3.07. The number of aromatic nitrogens is 1. The molecule has 0 atom stereocenters. The third-order valence-electron chi connectivity index (χ3n) is 4.74. The van der Waals surface area contributed by atoms with E-state index < -0.39 is 17.7 Å². The van der Waals surface area contributed by atoms with Crippen LogP contribution in [0.5, 0.6) is 0 Å². The molecule has 6 heteroatoms. The maximum absolute atomic E-state index is 12.7. The molecule has 0 aliphatic heterocycles. The number of carbonyl (C=O) groups is 1. The Bertz CT molecular complexity index is 983. The van der Waals surface area contributed by atoms with Gasteiger partial charge in [0.1, 0.15) is 0 Å². The molecule has 1 aromatic heterocycles. The van der Waals surface area contributed by atoms with E-state index in [0.717, 1.165) is 47.1 Å². The SMILES string of the molecule is O=C(O)c1ccc2c(c1)cc(Cc1ccc(C(F)(F)F)cc1)n2C1CC1. The highest BCUT2D eigenvalue weighted by atomic mass is 19.4. The van der Waals surface area contributed by atoms with Crippen LogP contribution in [0, 0.1) is 0 Å². The fourth-order valence-electron chi connectivity index (χ4n) is 3.35. The molecule has 3 aromatic rings. The third-order valence-corrected chi connectivity index (χ3v) is 4.74. The normalized spacial score (nSPS) is 14.7. The van der Waals surface area contributed by atoms with Crippen molar-refractivity contribution in [3.63, 3.8) is 0 Å². The average Bonchev–Trinajstić information content (AvgIpc) is 3.35. The molecule has 26 heavy (non-hydrogen) atoms. The van der Waals surface area contributed by atoms with Crippen LogP contribution in [-0.2, 0) is 12.6 Å². The molecule has 2 aromatic carbocycles. The molecule has 0 amide bonds. The summed E-state index contributed by atoms with van der Waals surface area (Å²) in [6.07, 6.45) is -1.71. The number of fused-ring (bicyclic) bond motifs is 1. The first kappa shape index (κ1) is 16.7. The molecule has 1 heterocycles. The van der Waals surface area contributed by atoms with Crippen molar-refractivity contribution < 1.29 is 23.1 Å². The molecule has 1 saturated carbocycles. The largest absolute Gasteiger partial charge is 0.478 e. The van der Waals surface area contributed by atoms with Crippen LogP contribution in [0.15, 0.2) is 48.5 Å². The van der Waals surface area contributed by atoms with E-state index in [4.69, 9.17) is 0 Å². The number of carboxylic acids is 1. The summed E-state index contributed by atoms with van der Waals surface area (Å²) in [6.45, 7) is 0. The molecule has 0 radical (unpaired) electrons. The number of alkyl halides is 3. The van der Waals surface area contributed by atoms with Crippen LogP contribution in [0.4, 0.5) is 13.2 Å². The van der Waals surface area contributed by atoms with Gasteiger partial charge in [0.25, 0.3) is 0 Å². The molecule has 3 nitrogen and oxygen atoms in total. The van der Waals surface area contributed by atoms with Crippen LogP contribution in [-0.4, -0.2) is 15.6 Å². The van der Waals surface area contributed by atoms with E-state index in [1.165, 1.54) is 12.1 Å². The molecule has 1 fully saturated rings. The minimum Gasteiger partial charge on any atom is -0.478 e. The number of halogens is 3. The van der Waals surface area contributed by atoms with Crippen molar-refractivity contribution in [2.45, 2.75) is 31.5 Å². The van der Waals surface area contributed by atoms with Gasteiger partial charge in [-0.05, 0) is 54.8 Å². The van der Waals surface area contributed by atoms with Crippen molar-refractivity contribution in [3.8, 4) is 0 Å². The van der Waals surface area contributed by atoms with E-state index in [-0.39, 0.29) is 5.56 Å². The fourth-order valence-corrected chi connectivity index (χ4v) is 3.35. The van der Waals surface area contributed by atoms with Crippen LogP contribution >= 0.6 is 0 Å². The summed E-state index contributed by atoms with van der Waals surface area (Å²) in [5, 5.41) is 10.0. The number of aromatic carboxylic acids is 1. The van der Waals surface area contributed by atoms with Crippen LogP contribution in [0.1, 0.15) is 46.1 Å². The van der Waals surface area contributed by atoms with Gasteiger partial charge in [0.2, 0.25) is 0 Å². The number of rotatable bonds is 4. The number of carboxylic acid groups (broad SMARTS) is 1. The Kier molecular flexibility index (Phi) is 3.79. The number of nitrogens with zero attached hydrogens (tertiary/aromatic N) is 1. The predicted molar refractivity (Wildman–Crippen MR) is 91.4 cm³/mol. The minimum absolute atomic E-state index is 0.228. The Morgan fingerprint density at radius 2 is 1.77 bits per heavy atom. The molecular weight excluding hydrogens is 343 g/mol. The lowest BCUT2D eigenvalue weighted by atomic mass is 10.1. The summed E-state index contributed by atoms with van der Waals surface area (Å²) in [5.41, 5.74) is 2.33. The standard InChI is InChI=1S/C20H16F3NO2/c21-20(22,23)15-4-1-12(2-5-15)9-17-11-14-10-13(19(25)26)3-8-18(14)24(17)16-6-7-16/h1-5,8,10-11,16H,6-7,9H2,(H,25,26). The van der Waals surface area contributed by atoms with Gasteiger partial charge in [-0.25, -0.2) is 4.79 Å². The Labute approximate surface area is 147 Å². The van der Waals surface area contributed by atoms with Gasteiger partial charge in [0.05, 0.1) is 11.1 Å². The summed E-state index contributed by atoms with van der Waals surface area (Å²) < 4.78 is 40.3. The van der Waals surface area contributed by atoms with Crippen molar-refractivity contribution in [1.29, 1.82) is 0 Å². The van der Waals surface area contributed by atoms with Gasteiger partial charge in [0, 0.05) is 29.1 Å². The Hall–Kier alpha value is -2.76. The zero-order chi connectivity index (χ0) is 18.5. The summed E-state index contributed by atoms with van der Waals surface area (Å²) in [5.74, 6) is -0.977. The predicted octanol–water partition coefficient (Wildman–Crippen LogP) is 5.28. The average molecular weight is 359 g/mol. The Morgan fingerprint density at radius 3 is 2.35 bits per heavy atom. The van der Waals surface area contributed by atoms with Crippen LogP contribution in [0.3, 0.4) is 0 Å². The lowest BCUT2D eigenvalue weighted by Crippen LogP contribution is -2.05. The van der Waals surface area contributed by atoms with Crippen LogP contribution in [0.25, 0.3) is 10.9 Å². The topological polar surface area (TPSA) is 42.2 Å². The molecule has 1 N–H and O–H groups in total. The molecule has 0 unspecified atom stereocenters. The highest BCUT2D eigenvalue weighted by Crippen LogP contribution is 2.40. The van der Waals surface area contributed by atoms with Gasteiger partial charge in [-0.15, -0.1) is 0 Å². The van der Waals surface area contributed by atoms with Crippen molar-refractivity contribution in [2.75, 3.05) is 0 Å². The summed E-state index contributed by atoms with van der Waals surface area (Å²) in [6, 6.07) is 12.6.